The van der Waals surface area contributed by atoms with Crippen LogP contribution in [-0.4, -0.2) is 56.0 Å². The molecular formula is C38H49NO9. The van der Waals surface area contributed by atoms with Gasteiger partial charge in [-0.3, -0.25) is 19.2 Å². The van der Waals surface area contributed by atoms with Gasteiger partial charge in [0.15, 0.2) is 11.5 Å². The van der Waals surface area contributed by atoms with Crippen molar-refractivity contribution in [3.8, 4) is 11.5 Å². The van der Waals surface area contributed by atoms with E-state index in [0.29, 0.717) is 76.2 Å². The van der Waals surface area contributed by atoms with Gasteiger partial charge in [0.2, 0.25) is 5.72 Å². The number of carbonyl (C=O) groups excluding carboxylic acids is 4. The van der Waals surface area contributed by atoms with E-state index in [4.69, 9.17) is 23.7 Å². The van der Waals surface area contributed by atoms with Gasteiger partial charge in [0, 0.05) is 36.9 Å². The Labute approximate surface area is 283 Å². The maximum atomic E-state index is 12.9. The van der Waals surface area contributed by atoms with E-state index < -0.39 is 11.1 Å². The van der Waals surface area contributed by atoms with Crippen LogP contribution < -0.4 is 14.4 Å². The van der Waals surface area contributed by atoms with Gasteiger partial charge in [0.05, 0.1) is 25.2 Å². The normalized spacial score (nSPS) is 16.9. The van der Waals surface area contributed by atoms with Crippen molar-refractivity contribution in [2.24, 2.45) is 0 Å². The van der Waals surface area contributed by atoms with Gasteiger partial charge in [-0.15, -0.1) is 0 Å². The molecule has 0 fully saturated rings. The van der Waals surface area contributed by atoms with Crippen molar-refractivity contribution in [3.63, 3.8) is 0 Å². The molecule has 0 bridgehead atoms. The summed E-state index contributed by atoms with van der Waals surface area (Å²) in [7, 11) is 0. The molecule has 2 aromatic carbocycles. The average Bonchev–Trinajstić information content (AvgIpc) is 3.26. The van der Waals surface area contributed by atoms with Crippen LogP contribution in [0, 0.1) is 0 Å². The van der Waals surface area contributed by atoms with E-state index in [1.165, 1.54) is 0 Å². The van der Waals surface area contributed by atoms with Crippen LogP contribution in [0.2, 0.25) is 0 Å². The van der Waals surface area contributed by atoms with Crippen molar-refractivity contribution in [2.75, 3.05) is 31.3 Å². The fourth-order valence-electron chi connectivity index (χ4n) is 6.13. The number of hydrogen-bond donors (Lipinski definition) is 0. The molecule has 10 heteroatoms. The van der Waals surface area contributed by atoms with Crippen molar-refractivity contribution >= 4 is 35.6 Å². The first-order chi connectivity index (χ1) is 23.1. The Bertz CT molecular complexity index is 1470. The molecule has 4 rings (SSSR count). The summed E-state index contributed by atoms with van der Waals surface area (Å²) in [5.74, 6) is -0.246. The third-order valence-corrected chi connectivity index (χ3v) is 8.88. The Morgan fingerprint density at radius 3 is 2.00 bits per heavy atom. The second-order valence-electron chi connectivity index (χ2n) is 12.6. The summed E-state index contributed by atoms with van der Waals surface area (Å²) < 4.78 is 28.7. The first kappa shape index (κ1) is 36.5. The molecule has 2 aromatic rings. The molecule has 0 radical (unpaired) electrons. The Morgan fingerprint density at radius 2 is 1.33 bits per heavy atom. The van der Waals surface area contributed by atoms with Crippen LogP contribution in [-0.2, 0) is 38.8 Å². The van der Waals surface area contributed by atoms with E-state index in [2.05, 4.69) is 24.8 Å². The zero-order chi connectivity index (χ0) is 34.6. The molecule has 0 aliphatic carbocycles. The summed E-state index contributed by atoms with van der Waals surface area (Å²) >= 11 is 0. The molecular weight excluding hydrogens is 614 g/mol. The maximum Gasteiger partial charge on any atom is 0.311 e. The van der Waals surface area contributed by atoms with Crippen LogP contribution in [0.5, 0.6) is 11.5 Å². The molecule has 1 unspecified atom stereocenters. The van der Waals surface area contributed by atoms with Gasteiger partial charge in [-0.2, -0.15) is 0 Å². The minimum absolute atomic E-state index is 0.164. The molecule has 2 heterocycles. The van der Waals surface area contributed by atoms with Crippen LogP contribution in [0.3, 0.4) is 0 Å². The Hall–Kier alpha value is -4.34. The summed E-state index contributed by atoms with van der Waals surface area (Å²) in [6.07, 6.45) is 9.45. The van der Waals surface area contributed by atoms with Crippen LogP contribution in [0.4, 0.5) is 5.69 Å². The Balaban J connectivity index is 1.39. The minimum Gasteiger partial charge on any atom is -0.466 e. The van der Waals surface area contributed by atoms with Crippen molar-refractivity contribution in [1.82, 2.24) is 0 Å². The minimum atomic E-state index is -0.982. The zero-order valence-corrected chi connectivity index (χ0v) is 28.7. The number of ether oxygens (including phenoxy) is 5. The fraction of sp³-hybridized carbons (Fsp3) is 0.526. The number of rotatable bonds is 18. The maximum absolute atomic E-state index is 12.9. The monoisotopic (exact) mass is 663 g/mol. The smallest absolute Gasteiger partial charge is 0.311 e. The molecule has 0 saturated carbocycles. The molecule has 0 aromatic heterocycles. The van der Waals surface area contributed by atoms with Crippen LogP contribution in [0.25, 0.3) is 6.08 Å². The molecule has 0 saturated heterocycles. The molecule has 10 nitrogen and oxygen atoms in total. The van der Waals surface area contributed by atoms with Gasteiger partial charge in [-0.05, 0) is 82.2 Å². The van der Waals surface area contributed by atoms with Gasteiger partial charge in [0.1, 0.15) is 6.61 Å². The van der Waals surface area contributed by atoms with E-state index in [9.17, 15) is 19.2 Å². The van der Waals surface area contributed by atoms with Crippen molar-refractivity contribution in [2.45, 2.75) is 103 Å². The Morgan fingerprint density at radius 1 is 0.708 bits per heavy atom. The summed E-state index contributed by atoms with van der Waals surface area (Å²) in [6, 6.07) is 13.6. The number of benzene rings is 2. The molecule has 0 N–H and O–H groups in total. The number of unbranched alkanes of at least 4 members (excludes halogenated alkanes) is 4. The highest BCUT2D eigenvalue weighted by Gasteiger charge is 2.59. The largest absolute Gasteiger partial charge is 0.466 e. The zero-order valence-electron chi connectivity index (χ0n) is 28.7. The lowest BCUT2D eigenvalue weighted by Gasteiger charge is -2.47. The number of fused-ring (bicyclic) bond motifs is 2. The number of para-hydroxylation sites is 2. The standard InChI is InChI=1S/C38H49NO9/c1-5-32(40)44-25-13-7-9-20-34(42)46-27-24-39-30-18-12-11-17-29(30)37(3,4)38(39)23-22-28-16-15-19-31(36(28)48-38)47-35(43)21-10-8-14-26-45-33(41)6-2/h11-12,15-19,22-23H,5-10,13-14,20-21,24-27H2,1-4H3. The van der Waals surface area contributed by atoms with Gasteiger partial charge in [0.25, 0.3) is 0 Å². The SMILES string of the molecule is CCC(=O)OCCCCCC(=O)OCCN1c2ccccc2C(C)(C)C12C=Cc1cccc(OC(=O)CCCCCOC(=O)CC)c1O2. The highest BCUT2D eigenvalue weighted by Crippen LogP contribution is 2.55. The lowest BCUT2D eigenvalue weighted by molar-refractivity contribution is -0.145. The summed E-state index contributed by atoms with van der Waals surface area (Å²) in [5.41, 5.74) is 1.36. The molecule has 260 valence electrons. The predicted octanol–water partition coefficient (Wildman–Crippen LogP) is 7.06. The molecule has 48 heavy (non-hydrogen) atoms. The first-order valence-electron chi connectivity index (χ1n) is 17.2. The van der Waals surface area contributed by atoms with Gasteiger partial charge < -0.3 is 28.6 Å². The number of hydrogen-bond acceptors (Lipinski definition) is 10. The second kappa shape index (κ2) is 17.2. The van der Waals surface area contributed by atoms with Crippen molar-refractivity contribution < 1.29 is 42.9 Å². The van der Waals surface area contributed by atoms with Crippen LogP contribution in [0.1, 0.15) is 103 Å². The number of nitrogens with zero attached hydrogens (tertiary/aromatic N) is 1. The molecule has 1 atom stereocenters. The van der Waals surface area contributed by atoms with E-state index in [-0.39, 0.29) is 36.9 Å². The van der Waals surface area contributed by atoms with Gasteiger partial charge >= 0.3 is 23.9 Å². The molecule has 0 amide bonds. The summed E-state index contributed by atoms with van der Waals surface area (Å²) in [4.78, 5) is 50.2. The topological polar surface area (TPSA) is 118 Å². The van der Waals surface area contributed by atoms with Crippen LogP contribution in [0.15, 0.2) is 48.5 Å². The highest BCUT2D eigenvalue weighted by molar-refractivity contribution is 5.77. The summed E-state index contributed by atoms with van der Waals surface area (Å²) in [6.45, 7) is 9.02. The average molecular weight is 664 g/mol. The van der Waals surface area contributed by atoms with Crippen molar-refractivity contribution in [1.29, 1.82) is 0 Å². The Kier molecular flexibility index (Phi) is 13.1. The number of anilines is 1. The lowest BCUT2D eigenvalue weighted by atomic mass is 9.76. The van der Waals surface area contributed by atoms with E-state index in [0.717, 1.165) is 29.7 Å². The van der Waals surface area contributed by atoms with E-state index >= 15 is 0 Å². The predicted molar refractivity (Wildman–Crippen MR) is 182 cm³/mol. The molecule has 2 aliphatic heterocycles. The lowest BCUT2D eigenvalue weighted by Crippen LogP contribution is -2.60. The quantitative estimate of drug-likeness (QED) is 0.0710. The highest BCUT2D eigenvalue weighted by atomic mass is 16.6. The summed E-state index contributed by atoms with van der Waals surface area (Å²) in [5, 5.41) is 0. The van der Waals surface area contributed by atoms with E-state index in [1.54, 1.807) is 19.9 Å². The first-order valence-corrected chi connectivity index (χ1v) is 17.2. The van der Waals surface area contributed by atoms with E-state index in [1.807, 2.05) is 42.5 Å². The third-order valence-electron chi connectivity index (χ3n) is 8.88. The number of esters is 4. The van der Waals surface area contributed by atoms with Crippen LogP contribution >= 0.6 is 0 Å². The molecule has 1 spiro atoms. The van der Waals surface area contributed by atoms with Gasteiger partial charge in [-0.1, -0.05) is 44.2 Å². The molecule has 2 aliphatic rings. The fourth-order valence-corrected chi connectivity index (χ4v) is 6.13. The third kappa shape index (κ3) is 8.76. The second-order valence-corrected chi connectivity index (χ2v) is 12.6. The van der Waals surface area contributed by atoms with Gasteiger partial charge in [-0.25, -0.2) is 0 Å². The number of carbonyl (C=O) groups is 4. The van der Waals surface area contributed by atoms with Crippen molar-refractivity contribution in [3.05, 3.63) is 59.7 Å².